The number of sulfonamides is 1. The van der Waals surface area contributed by atoms with Crippen LogP contribution in [-0.4, -0.2) is 49.0 Å². The van der Waals surface area contributed by atoms with E-state index in [4.69, 9.17) is 4.74 Å². The van der Waals surface area contributed by atoms with E-state index in [2.05, 4.69) is 5.32 Å². The molecule has 0 aromatic heterocycles. The first-order valence-electron chi connectivity index (χ1n) is 9.51. The molecule has 0 spiro atoms. The molecule has 1 amide bonds. The summed E-state index contributed by atoms with van der Waals surface area (Å²) < 4.78 is 31.8. The van der Waals surface area contributed by atoms with Crippen molar-refractivity contribution < 1.29 is 27.7 Å². The molecule has 0 radical (unpaired) electrons. The molecule has 164 valence electrons. The van der Waals surface area contributed by atoms with Crippen LogP contribution in [0.15, 0.2) is 47.4 Å². The van der Waals surface area contributed by atoms with Crippen molar-refractivity contribution in [1.29, 1.82) is 0 Å². The molecule has 3 rings (SSSR count). The normalized spacial score (nSPS) is 14.2. The predicted octanol–water partition coefficient (Wildman–Crippen LogP) is 2.60. The standard InChI is InChI=1S/C20H21N3O7S/c1-14(24)15-4-6-16(7-5-15)21-20(25)13-30-19-9-8-17(12-18(19)23(26)27)31(28,29)22-10-2-3-11-22/h4-9,12H,2-3,10-11,13H2,1H3,(H,21,25). The van der Waals surface area contributed by atoms with Crippen molar-refractivity contribution in [3.05, 3.63) is 58.1 Å². The van der Waals surface area contributed by atoms with Crippen LogP contribution in [0.2, 0.25) is 0 Å². The van der Waals surface area contributed by atoms with Crippen LogP contribution < -0.4 is 10.1 Å². The molecule has 1 saturated heterocycles. The SMILES string of the molecule is CC(=O)c1ccc(NC(=O)COc2ccc(S(=O)(=O)N3CCCC3)cc2[N+](=O)[O-])cc1. The van der Waals surface area contributed by atoms with E-state index >= 15 is 0 Å². The summed E-state index contributed by atoms with van der Waals surface area (Å²) in [6, 6.07) is 9.57. The molecule has 1 N–H and O–H groups in total. The number of anilines is 1. The third-order valence-electron chi connectivity index (χ3n) is 4.76. The molecule has 1 fully saturated rings. The third-order valence-corrected chi connectivity index (χ3v) is 6.66. The van der Waals surface area contributed by atoms with Crippen molar-refractivity contribution in [3.63, 3.8) is 0 Å². The van der Waals surface area contributed by atoms with Gasteiger partial charge in [-0.1, -0.05) is 0 Å². The molecule has 31 heavy (non-hydrogen) atoms. The average Bonchev–Trinajstić information content (AvgIpc) is 3.28. The maximum atomic E-state index is 12.6. The second-order valence-electron chi connectivity index (χ2n) is 6.97. The Morgan fingerprint density at radius 3 is 2.35 bits per heavy atom. The second-order valence-corrected chi connectivity index (χ2v) is 8.91. The number of rotatable bonds is 8. The highest BCUT2D eigenvalue weighted by Crippen LogP contribution is 2.31. The van der Waals surface area contributed by atoms with Crippen LogP contribution >= 0.6 is 0 Å². The Morgan fingerprint density at radius 2 is 1.77 bits per heavy atom. The van der Waals surface area contributed by atoms with Gasteiger partial charge in [0.2, 0.25) is 10.0 Å². The second kappa shape index (κ2) is 9.23. The fourth-order valence-corrected chi connectivity index (χ4v) is 4.67. The van der Waals surface area contributed by atoms with E-state index in [1.807, 2.05) is 0 Å². The molecular formula is C20H21N3O7S. The third kappa shape index (κ3) is 5.25. The van der Waals surface area contributed by atoms with Gasteiger partial charge in [0.05, 0.1) is 9.82 Å². The van der Waals surface area contributed by atoms with Gasteiger partial charge < -0.3 is 10.1 Å². The van der Waals surface area contributed by atoms with Gasteiger partial charge in [0, 0.05) is 30.4 Å². The van der Waals surface area contributed by atoms with Gasteiger partial charge in [-0.25, -0.2) is 8.42 Å². The van der Waals surface area contributed by atoms with Gasteiger partial charge in [0.25, 0.3) is 5.91 Å². The van der Waals surface area contributed by atoms with Crippen LogP contribution in [0.5, 0.6) is 5.75 Å². The average molecular weight is 447 g/mol. The van der Waals surface area contributed by atoms with Crippen LogP contribution in [0.3, 0.4) is 0 Å². The van der Waals surface area contributed by atoms with Crippen molar-refractivity contribution in [2.45, 2.75) is 24.7 Å². The van der Waals surface area contributed by atoms with E-state index < -0.39 is 33.1 Å². The molecule has 2 aromatic carbocycles. The van der Waals surface area contributed by atoms with Crippen molar-refractivity contribution in [2.75, 3.05) is 25.0 Å². The van der Waals surface area contributed by atoms with Crippen molar-refractivity contribution >= 4 is 33.1 Å². The van der Waals surface area contributed by atoms with Gasteiger partial charge in [-0.3, -0.25) is 19.7 Å². The summed E-state index contributed by atoms with van der Waals surface area (Å²) in [5.41, 5.74) is 0.382. The lowest BCUT2D eigenvalue weighted by atomic mass is 10.1. The number of ether oxygens (including phenoxy) is 1. The van der Waals surface area contributed by atoms with Gasteiger partial charge in [-0.15, -0.1) is 0 Å². The number of nitrogens with zero attached hydrogens (tertiary/aromatic N) is 2. The Hall–Kier alpha value is -3.31. The quantitative estimate of drug-likeness (QED) is 0.373. The molecule has 1 aliphatic heterocycles. The van der Waals surface area contributed by atoms with Gasteiger partial charge in [0.1, 0.15) is 0 Å². The van der Waals surface area contributed by atoms with Crippen LogP contribution in [-0.2, 0) is 14.8 Å². The highest BCUT2D eigenvalue weighted by molar-refractivity contribution is 7.89. The zero-order valence-electron chi connectivity index (χ0n) is 16.7. The van der Waals surface area contributed by atoms with Crippen LogP contribution in [0.25, 0.3) is 0 Å². The number of ketones is 1. The molecule has 0 bridgehead atoms. The monoisotopic (exact) mass is 447 g/mol. The lowest BCUT2D eigenvalue weighted by Gasteiger charge is -2.16. The number of benzene rings is 2. The molecule has 10 nitrogen and oxygen atoms in total. The zero-order valence-corrected chi connectivity index (χ0v) is 17.6. The number of hydrogen-bond donors (Lipinski definition) is 1. The molecule has 0 saturated carbocycles. The first-order valence-corrected chi connectivity index (χ1v) is 10.9. The molecule has 0 aliphatic carbocycles. The van der Waals surface area contributed by atoms with Crippen molar-refractivity contribution in [2.24, 2.45) is 0 Å². The van der Waals surface area contributed by atoms with E-state index in [9.17, 15) is 28.1 Å². The molecular weight excluding hydrogens is 426 g/mol. The minimum Gasteiger partial charge on any atom is -0.477 e. The van der Waals surface area contributed by atoms with Gasteiger partial charge in [0.15, 0.2) is 18.1 Å². The summed E-state index contributed by atoms with van der Waals surface area (Å²) in [4.78, 5) is 33.9. The number of carbonyl (C=O) groups excluding carboxylic acids is 2. The molecule has 2 aromatic rings. The summed E-state index contributed by atoms with van der Waals surface area (Å²) >= 11 is 0. The van der Waals surface area contributed by atoms with E-state index in [-0.39, 0.29) is 16.4 Å². The smallest absolute Gasteiger partial charge is 0.312 e. The molecule has 1 aliphatic rings. The van der Waals surface area contributed by atoms with E-state index in [1.165, 1.54) is 23.4 Å². The summed E-state index contributed by atoms with van der Waals surface area (Å²) in [5.74, 6) is -0.894. The van der Waals surface area contributed by atoms with Crippen molar-refractivity contribution in [3.8, 4) is 5.75 Å². The summed E-state index contributed by atoms with van der Waals surface area (Å²) in [6.45, 7) is 1.66. The van der Waals surface area contributed by atoms with Crippen molar-refractivity contribution in [1.82, 2.24) is 4.31 Å². The number of Topliss-reactive ketones (excluding diaryl/α,β-unsaturated/α-hetero) is 1. The number of carbonyl (C=O) groups is 2. The summed E-state index contributed by atoms with van der Waals surface area (Å²) in [5, 5.41) is 14.0. The lowest BCUT2D eigenvalue weighted by Crippen LogP contribution is -2.28. The van der Waals surface area contributed by atoms with Gasteiger partial charge in [-0.05, 0) is 56.2 Å². The first-order chi connectivity index (χ1) is 14.7. The number of nitrogens with one attached hydrogen (secondary N) is 1. The Labute approximate surface area is 179 Å². The van der Waals surface area contributed by atoms with E-state index in [1.54, 1.807) is 24.3 Å². The summed E-state index contributed by atoms with van der Waals surface area (Å²) in [7, 11) is -3.82. The van der Waals surface area contributed by atoms with Crippen LogP contribution in [0, 0.1) is 10.1 Å². The maximum Gasteiger partial charge on any atom is 0.312 e. The van der Waals surface area contributed by atoms with Gasteiger partial charge in [-0.2, -0.15) is 4.31 Å². The number of nitro benzene ring substituents is 1. The van der Waals surface area contributed by atoms with Crippen LogP contribution in [0.4, 0.5) is 11.4 Å². The molecule has 11 heteroatoms. The Bertz CT molecular complexity index is 1110. The fourth-order valence-electron chi connectivity index (χ4n) is 3.13. The maximum absolute atomic E-state index is 12.6. The highest BCUT2D eigenvalue weighted by atomic mass is 32.2. The number of amides is 1. The number of nitro groups is 1. The fraction of sp³-hybridized carbons (Fsp3) is 0.300. The minimum absolute atomic E-state index is 0.108. The Balaban J connectivity index is 1.70. The Kier molecular flexibility index (Phi) is 6.66. The molecule has 1 heterocycles. The lowest BCUT2D eigenvalue weighted by molar-refractivity contribution is -0.386. The highest BCUT2D eigenvalue weighted by Gasteiger charge is 2.30. The first kappa shape index (κ1) is 22.4. The Morgan fingerprint density at radius 1 is 1.13 bits per heavy atom. The van der Waals surface area contributed by atoms with E-state index in [0.29, 0.717) is 24.3 Å². The van der Waals surface area contributed by atoms with Gasteiger partial charge >= 0.3 is 5.69 Å². The summed E-state index contributed by atoms with van der Waals surface area (Å²) in [6.07, 6.45) is 1.49. The zero-order chi connectivity index (χ0) is 22.6. The molecule has 0 unspecified atom stereocenters. The number of hydrogen-bond acceptors (Lipinski definition) is 7. The predicted molar refractivity (Wildman–Crippen MR) is 112 cm³/mol. The topological polar surface area (TPSA) is 136 Å². The van der Waals surface area contributed by atoms with Crippen LogP contribution in [0.1, 0.15) is 30.1 Å². The minimum atomic E-state index is -3.82. The molecule has 0 atom stereocenters. The largest absolute Gasteiger partial charge is 0.477 e. The van der Waals surface area contributed by atoms with E-state index in [0.717, 1.165) is 18.9 Å².